The van der Waals surface area contributed by atoms with Crippen molar-refractivity contribution in [1.29, 1.82) is 0 Å². The number of sulfonamides is 1. The van der Waals surface area contributed by atoms with Crippen molar-refractivity contribution in [2.75, 3.05) is 18.9 Å². The molecule has 0 radical (unpaired) electrons. The van der Waals surface area contributed by atoms with Gasteiger partial charge in [0.25, 0.3) is 5.69 Å². The second-order valence-electron chi connectivity index (χ2n) is 5.07. The Hall–Kier alpha value is -2.30. The van der Waals surface area contributed by atoms with Crippen molar-refractivity contribution in [1.82, 2.24) is 4.31 Å². The molecular formula is C15H14BrN3O5S. The van der Waals surface area contributed by atoms with Gasteiger partial charge in [-0.3, -0.25) is 14.9 Å². The molecule has 0 aromatic heterocycles. The topological polar surface area (TPSA) is 110 Å². The molecule has 2 aromatic rings. The maximum atomic E-state index is 12.4. The van der Waals surface area contributed by atoms with E-state index in [-0.39, 0.29) is 16.3 Å². The van der Waals surface area contributed by atoms with Crippen LogP contribution in [0.2, 0.25) is 0 Å². The van der Waals surface area contributed by atoms with E-state index >= 15 is 0 Å². The Bertz CT molecular complexity index is 900. The van der Waals surface area contributed by atoms with Crippen LogP contribution >= 0.6 is 15.9 Å². The first kappa shape index (κ1) is 19.0. The summed E-state index contributed by atoms with van der Waals surface area (Å²) in [6, 6.07) is 11.4. The fourth-order valence-electron chi connectivity index (χ4n) is 1.97. The van der Waals surface area contributed by atoms with Crippen LogP contribution in [0, 0.1) is 10.1 Å². The van der Waals surface area contributed by atoms with E-state index in [4.69, 9.17) is 0 Å². The number of rotatable bonds is 6. The van der Waals surface area contributed by atoms with Gasteiger partial charge in [0.15, 0.2) is 0 Å². The Balaban J connectivity index is 2.08. The summed E-state index contributed by atoms with van der Waals surface area (Å²) in [5, 5.41) is 13.2. The molecule has 0 saturated carbocycles. The Morgan fingerprint density at radius 3 is 2.48 bits per heavy atom. The van der Waals surface area contributed by atoms with Crippen LogP contribution in [0.5, 0.6) is 0 Å². The molecule has 0 aliphatic carbocycles. The Kier molecular flexibility index (Phi) is 5.88. The summed E-state index contributed by atoms with van der Waals surface area (Å²) in [7, 11) is -2.54. The third-order valence-electron chi connectivity index (χ3n) is 3.23. The Labute approximate surface area is 152 Å². The van der Waals surface area contributed by atoms with Crippen LogP contribution in [0.25, 0.3) is 0 Å². The average Bonchev–Trinajstić information content (AvgIpc) is 2.55. The van der Waals surface area contributed by atoms with Crippen molar-refractivity contribution >= 4 is 43.2 Å². The molecule has 1 amide bonds. The number of non-ortho nitro benzene ring substituents is 1. The molecule has 0 aliphatic rings. The first-order valence-electron chi connectivity index (χ1n) is 6.96. The molecule has 8 nitrogen and oxygen atoms in total. The van der Waals surface area contributed by atoms with Crippen LogP contribution in [-0.4, -0.2) is 37.1 Å². The van der Waals surface area contributed by atoms with E-state index in [0.717, 1.165) is 8.78 Å². The van der Waals surface area contributed by atoms with Crippen LogP contribution in [0.1, 0.15) is 0 Å². The number of nitrogens with zero attached hydrogens (tertiary/aromatic N) is 2. The monoisotopic (exact) mass is 427 g/mol. The third kappa shape index (κ3) is 4.84. The summed E-state index contributed by atoms with van der Waals surface area (Å²) in [5.74, 6) is -0.608. The second-order valence-corrected chi connectivity index (χ2v) is 8.03. The van der Waals surface area contributed by atoms with E-state index in [2.05, 4.69) is 21.2 Å². The minimum absolute atomic E-state index is 0.0568. The lowest BCUT2D eigenvalue weighted by molar-refractivity contribution is -0.384. The number of benzene rings is 2. The van der Waals surface area contributed by atoms with Crippen LogP contribution < -0.4 is 5.32 Å². The molecule has 10 heteroatoms. The van der Waals surface area contributed by atoms with Gasteiger partial charge in [0.2, 0.25) is 15.9 Å². The van der Waals surface area contributed by atoms with E-state index in [1.165, 1.54) is 43.4 Å². The van der Waals surface area contributed by atoms with Crippen LogP contribution in [0.4, 0.5) is 11.4 Å². The fraction of sp³-hybridized carbons (Fsp3) is 0.133. The van der Waals surface area contributed by atoms with Crippen molar-refractivity contribution in [2.24, 2.45) is 0 Å². The fourth-order valence-corrected chi connectivity index (χ4v) is 3.36. The molecule has 2 rings (SSSR count). The number of nitrogens with one attached hydrogen (secondary N) is 1. The summed E-state index contributed by atoms with van der Waals surface area (Å²) in [4.78, 5) is 22.2. The van der Waals surface area contributed by atoms with Gasteiger partial charge in [-0.1, -0.05) is 22.0 Å². The van der Waals surface area contributed by atoms with E-state index in [0.29, 0.717) is 0 Å². The van der Waals surface area contributed by atoms with Gasteiger partial charge in [0.05, 0.1) is 16.4 Å². The SMILES string of the molecule is CN(CC(=O)Nc1cccc([N+](=O)[O-])c1)S(=O)(=O)c1ccc(Br)cc1. The zero-order valence-corrected chi connectivity index (χ0v) is 15.5. The lowest BCUT2D eigenvalue weighted by Crippen LogP contribution is -2.34. The van der Waals surface area contributed by atoms with Gasteiger partial charge in [0, 0.05) is 29.3 Å². The van der Waals surface area contributed by atoms with Crippen molar-refractivity contribution < 1.29 is 18.1 Å². The minimum Gasteiger partial charge on any atom is -0.325 e. The van der Waals surface area contributed by atoms with E-state index < -0.39 is 27.4 Å². The molecule has 0 bridgehead atoms. The maximum absolute atomic E-state index is 12.4. The van der Waals surface area contributed by atoms with Gasteiger partial charge in [0.1, 0.15) is 0 Å². The summed E-state index contributed by atoms with van der Waals surface area (Å²) in [6.07, 6.45) is 0. The van der Waals surface area contributed by atoms with E-state index in [9.17, 15) is 23.3 Å². The van der Waals surface area contributed by atoms with Gasteiger partial charge in [-0.15, -0.1) is 0 Å². The number of likely N-dealkylation sites (N-methyl/N-ethyl adjacent to an activating group) is 1. The Morgan fingerprint density at radius 2 is 1.88 bits per heavy atom. The van der Waals surface area contributed by atoms with E-state index in [1.807, 2.05) is 0 Å². The number of anilines is 1. The molecule has 25 heavy (non-hydrogen) atoms. The Morgan fingerprint density at radius 1 is 1.24 bits per heavy atom. The summed E-state index contributed by atoms with van der Waals surface area (Å²) < 4.78 is 26.5. The summed E-state index contributed by atoms with van der Waals surface area (Å²) in [6.45, 7) is -0.429. The first-order valence-corrected chi connectivity index (χ1v) is 9.19. The molecule has 0 fully saturated rings. The number of nitro groups is 1. The number of hydrogen-bond donors (Lipinski definition) is 1. The molecule has 0 atom stereocenters. The molecule has 0 saturated heterocycles. The van der Waals surface area contributed by atoms with Crippen LogP contribution in [-0.2, 0) is 14.8 Å². The number of hydrogen-bond acceptors (Lipinski definition) is 5. The molecule has 0 heterocycles. The number of amides is 1. The lowest BCUT2D eigenvalue weighted by Gasteiger charge is -2.17. The zero-order chi connectivity index (χ0) is 18.6. The highest BCUT2D eigenvalue weighted by atomic mass is 79.9. The molecular weight excluding hydrogens is 414 g/mol. The predicted octanol–water partition coefficient (Wildman–Crippen LogP) is 2.62. The predicted molar refractivity (Wildman–Crippen MR) is 95.7 cm³/mol. The molecule has 1 N–H and O–H groups in total. The van der Waals surface area contributed by atoms with Gasteiger partial charge >= 0.3 is 0 Å². The molecule has 132 valence electrons. The summed E-state index contributed by atoms with van der Waals surface area (Å²) >= 11 is 3.22. The van der Waals surface area contributed by atoms with Crippen molar-refractivity contribution in [3.63, 3.8) is 0 Å². The zero-order valence-electron chi connectivity index (χ0n) is 13.0. The van der Waals surface area contributed by atoms with Crippen LogP contribution in [0.15, 0.2) is 57.9 Å². The van der Waals surface area contributed by atoms with Gasteiger partial charge in [-0.05, 0) is 30.3 Å². The number of carbonyl (C=O) groups excluding carboxylic acids is 1. The quantitative estimate of drug-likeness (QED) is 0.562. The number of halogens is 1. The standard InChI is InChI=1S/C15H14BrN3O5S/c1-18(25(23,24)14-7-5-11(16)6-8-14)10-15(20)17-12-3-2-4-13(9-12)19(21)22/h2-9H,10H2,1H3,(H,17,20). The lowest BCUT2D eigenvalue weighted by atomic mass is 10.3. The van der Waals surface area contributed by atoms with Gasteiger partial charge in [-0.2, -0.15) is 4.31 Å². The average molecular weight is 428 g/mol. The van der Waals surface area contributed by atoms with Gasteiger partial charge < -0.3 is 5.32 Å². The molecule has 0 unspecified atom stereocenters. The van der Waals surface area contributed by atoms with Gasteiger partial charge in [-0.25, -0.2) is 8.42 Å². The highest BCUT2D eigenvalue weighted by Gasteiger charge is 2.23. The number of carbonyl (C=O) groups is 1. The van der Waals surface area contributed by atoms with E-state index in [1.54, 1.807) is 12.1 Å². The molecule has 0 aliphatic heterocycles. The van der Waals surface area contributed by atoms with Crippen LogP contribution in [0.3, 0.4) is 0 Å². The van der Waals surface area contributed by atoms with Crippen molar-refractivity contribution in [2.45, 2.75) is 4.90 Å². The highest BCUT2D eigenvalue weighted by Crippen LogP contribution is 2.19. The normalized spacial score (nSPS) is 11.3. The first-order chi connectivity index (χ1) is 11.7. The number of nitro benzene ring substituents is 1. The maximum Gasteiger partial charge on any atom is 0.271 e. The van der Waals surface area contributed by atoms with Crippen molar-refractivity contribution in [3.05, 3.63) is 63.1 Å². The summed E-state index contributed by atoms with van der Waals surface area (Å²) in [5.41, 5.74) is 0.0438. The largest absolute Gasteiger partial charge is 0.325 e. The van der Waals surface area contributed by atoms with Crippen molar-refractivity contribution in [3.8, 4) is 0 Å². The molecule has 2 aromatic carbocycles. The third-order valence-corrected chi connectivity index (χ3v) is 5.58. The highest BCUT2D eigenvalue weighted by molar-refractivity contribution is 9.10. The minimum atomic E-state index is -3.82. The molecule has 0 spiro atoms. The second kappa shape index (κ2) is 7.72. The smallest absolute Gasteiger partial charge is 0.271 e.